The fourth-order valence-corrected chi connectivity index (χ4v) is 17.4. The minimum absolute atomic E-state index is 0. The van der Waals surface area contributed by atoms with E-state index in [1.807, 2.05) is 60.7 Å². The van der Waals surface area contributed by atoms with Crippen molar-refractivity contribution in [1.29, 1.82) is 0 Å². The topological polar surface area (TPSA) is 185 Å². The van der Waals surface area contributed by atoms with Gasteiger partial charge in [0.25, 0.3) is 0 Å². The van der Waals surface area contributed by atoms with Crippen molar-refractivity contribution in [2.75, 3.05) is 7.11 Å². The van der Waals surface area contributed by atoms with Gasteiger partial charge in [-0.1, -0.05) is 77.9 Å². The standard InChI is InChI=1S/C18H26F2O4.2C17H24F2O4.2C6H6S.ClH.Na/c1-10(2)14(18(19,20)16(22)23-3)24-15(21)17-7-11-4-12(8-17)6-13(5-11)9-17;2*1-9(2)13(17(18,19)14(20)21)23-15(22)16-6-10-3-11(7-16)5-12(4-10)8-16;2*7-6-4-2-1-3-5-6;;/h10-14H,4-9H2,1-3H3;2*9-13H,3-8H2,1-2H3,(H,20,21);2*1-5,7H;1H;/q;;;;;;+1. The van der Waals surface area contributed by atoms with Crippen molar-refractivity contribution in [3.63, 3.8) is 0 Å². The fourth-order valence-electron chi connectivity index (χ4n) is 17.0. The molecule has 0 amide bonds. The molecule has 0 aliphatic heterocycles. The third-order valence-corrected chi connectivity index (χ3v) is 20.2. The van der Waals surface area contributed by atoms with Gasteiger partial charge in [-0.15, -0.1) is 12.4 Å². The van der Waals surface area contributed by atoms with E-state index >= 15 is 0 Å². The minimum Gasteiger partial charge on any atom is -0.544 e. The van der Waals surface area contributed by atoms with Gasteiger partial charge in [-0.25, -0.2) is 4.79 Å². The van der Waals surface area contributed by atoms with Crippen LogP contribution in [0.1, 0.15) is 157 Å². The smallest absolute Gasteiger partial charge is 0.544 e. The molecule has 0 radical (unpaired) electrons. The molecule has 12 saturated carbocycles. The third kappa shape index (κ3) is 17.0. The van der Waals surface area contributed by atoms with Gasteiger partial charge < -0.3 is 38.7 Å². The number of halogens is 7. The van der Waals surface area contributed by atoms with Gasteiger partial charge in [0, 0.05) is 0 Å². The molecule has 12 nitrogen and oxygen atoms in total. The Bertz CT molecular complexity index is 2400. The van der Waals surface area contributed by atoms with Crippen LogP contribution in [0.4, 0.5) is 26.3 Å². The van der Waals surface area contributed by atoms with Crippen molar-refractivity contribution in [2.45, 2.75) is 203 Å². The Labute approximate surface area is 541 Å². The van der Waals surface area contributed by atoms with E-state index in [2.05, 4.69) is 30.0 Å². The number of alkyl halides is 6. The number of carbonyl (C=O) groups excluding carboxylic acids is 6. The number of benzene rings is 2. The number of hydrogen-bond acceptors (Lipinski definition) is 12. The maximum atomic E-state index is 14.3. The first kappa shape index (κ1) is 73.6. The Morgan fingerprint density at radius 1 is 0.430 bits per heavy atom. The zero-order valence-corrected chi connectivity index (χ0v) is 55.6. The van der Waals surface area contributed by atoms with Crippen LogP contribution in [-0.2, 0) is 73.0 Å². The van der Waals surface area contributed by atoms with Crippen molar-refractivity contribution in [1.82, 2.24) is 0 Å². The van der Waals surface area contributed by atoms with E-state index in [0.29, 0.717) is 91.8 Å². The summed E-state index contributed by atoms with van der Waals surface area (Å²) >= 11 is 6.71. The van der Waals surface area contributed by atoms with Crippen molar-refractivity contribution in [3.05, 3.63) is 60.7 Å². The summed E-state index contributed by atoms with van der Waals surface area (Å²) in [5.41, 5.74) is -1.97. The van der Waals surface area contributed by atoms with Gasteiger partial charge in [-0.3, -0.25) is 14.4 Å². The molecule has 3 atom stereocenters. The molecule has 2 aromatic carbocycles. The minimum atomic E-state index is -4.17. The molecule has 0 saturated heterocycles. The van der Waals surface area contributed by atoms with Gasteiger partial charge in [0.2, 0.25) is 0 Å². The Morgan fingerprint density at radius 2 is 0.628 bits per heavy atom. The Hall–Kier alpha value is -3.17. The number of carboxylic acids is 2. The van der Waals surface area contributed by atoms with Crippen LogP contribution in [-0.4, -0.2) is 79.0 Å². The van der Waals surface area contributed by atoms with E-state index in [4.69, 9.17) is 14.2 Å². The molecule has 22 heteroatoms. The van der Waals surface area contributed by atoms with Gasteiger partial charge >= 0.3 is 71.2 Å². The molecular formula is C64H87ClF6NaO12S2+. The van der Waals surface area contributed by atoms with Crippen LogP contribution >= 0.6 is 12.4 Å². The van der Waals surface area contributed by atoms with Crippen molar-refractivity contribution >= 4 is 73.5 Å². The number of hydrogen-bond donors (Lipinski definition) is 0. The van der Waals surface area contributed by atoms with Crippen LogP contribution in [0.3, 0.4) is 0 Å². The summed E-state index contributed by atoms with van der Waals surface area (Å²) in [6.07, 6.45) is 10.8. The molecular weight excluding hydrogens is 1200 g/mol. The molecule has 476 valence electrons. The SMILES string of the molecule is CC(C)C(OC(=O)C12CC3CC(CC(C3)C1)C2)C(F)(F)C(=O)[O-].CC(C)C(OC(=O)C12CC3CC(CC(C3)C1)C2)C(F)(F)C(=O)[O-].COC(=O)C(F)(F)C(OC(=O)C12CC3CC(CC(C3)C1)C2)C(C)C.Cl.[Na+].[SH2+]c1ccccc1.[SH2+]c1ccccc1. The van der Waals surface area contributed by atoms with Crippen molar-refractivity contribution in [2.24, 2.45) is 87.3 Å². The summed E-state index contributed by atoms with van der Waals surface area (Å²) in [6.45, 7) is 8.74. The molecule has 12 fully saturated rings. The second-order valence-electron chi connectivity index (χ2n) is 27.5. The predicted octanol–water partition coefficient (Wildman–Crippen LogP) is 7.43. The van der Waals surface area contributed by atoms with Crippen LogP contribution in [0.5, 0.6) is 0 Å². The largest absolute Gasteiger partial charge is 1.00 e. The predicted molar refractivity (Wildman–Crippen MR) is 310 cm³/mol. The number of rotatable bonds is 15. The molecule has 0 spiro atoms. The molecule has 3 unspecified atom stereocenters. The molecule has 14 rings (SSSR count). The summed E-state index contributed by atoms with van der Waals surface area (Å²) in [4.78, 5) is 73.5. The maximum absolute atomic E-state index is 14.3. The van der Waals surface area contributed by atoms with E-state index in [9.17, 15) is 65.3 Å². The average molecular weight is 1280 g/mol. The molecule has 2 aromatic rings. The van der Waals surface area contributed by atoms with Crippen LogP contribution in [0, 0.1) is 87.3 Å². The molecule has 0 N–H and O–H groups in total. The third-order valence-electron chi connectivity index (χ3n) is 19.6. The monoisotopic (exact) mass is 1280 g/mol. The van der Waals surface area contributed by atoms with E-state index < -0.39 is 106 Å². The van der Waals surface area contributed by atoms with Gasteiger partial charge in [0.05, 0.1) is 23.4 Å². The summed E-state index contributed by atoms with van der Waals surface area (Å²) < 4.78 is 104. The molecule has 12 aliphatic rings. The first-order chi connectivity index (χ1) is 39.2. The molecule has 0 aromatic heterocycles. The van der Waals surface area contributed by atoms with Crippen molar-refractivity contribution in [3.8, 4) is 0 Å². The summed E-state index contributed by atoms with van der Waals surface area (Å²) in [5.74, 6) is -18.5. The Kier molecular flexibility index (Phi) is 25.5. The van der Waals surface area contributed by atoms with E-state index in [1.165, 1.54) is 41.5 Å². The fraction of sp³-hybridized carbons (Fsp3) is 0.719. The van der Waals surface area contributed by atoms with E-state index in [-0.39, 0.29) is 42.0 Å². The number of carboxylic acid groups (broad SMARTS) is 2. The zero-order valence-electron chi connectivity index (χ0n) is 50.7. The molecule has 12 bridgehead atoms. The molecule has 12 aliphatic carbocycles. The van der Waals surface area contributed by atoms with Crippen LogP contribution in [0.15, 0.2) is 70.5 Å². The van der Waals surface area contributed by atoms with Gasteiger partial charge in [-0.2, -0.15) is 26.3 Å². The summed E-state index contributed by atoms with van der Waals surface area (Å²) in [5, 5.41) is 21.5. The second kappa shape index (κ2) is 29.9. The number of methoxy groups -OCH3 is 1. The average Bonchev–Trinajstić information content (AvgIpc) is 0.825. The first-order valence-electron chi connectivity index (χ1n) is 30.1. The van der Waals surface area contributed by atoms with Crippen LogP contribution in [0.25, 0.3) is 0 Å². The summed E-state index contributed by atoms with van der Waals surface area (Å²) in [7, 11) is 0.911. The van der Waals surface area contributed by atoms with Gasteiger partial charge in [-0.05, 0) is 236 Å². The summed E-state index contributed by atoms with van der Waals surface area (Å²) in [6, 6.07) is 19.9. The van der Waals surface area contributed by atoms with E-state index in [1.54, 1.807) is 0 Å². The Balaban J connectivity index is 0.000000209. The molecule has 86 heavy (non-hydrogen) atoms. The van der Waals surface area contributed by atoms with Gasteiger partial charge in [0.1, 0.15) is 21.7 Å². The quantitative estimate of drug-likeness (QED) is 0.0566. The second-order valence-corrected chi connectivity index (χ2v) is 28.6. The van der Waals surface area contributed by atoms with Crippen LogP contribution in [0.2, 0.25) is 0 Å². The maximum Gasteiger partial charge on any atom is 1.00 e. The van der Waals surface area contributed by atoms with E-state index in [0.717, 1.165) is 94.0 Å². The van der Waals surface area contributed by atoms with Gasteiger partial charge in [0.15, 0.2) is 18.3 Å². The zero-order chi connectivity index (χ0) is 61.9. The first-order valence-corrected chi connectivity index (χ1v) is 31.1. The Morgan fingerprint density at radius 3 is 0.779 bits per heavy atom. The number of carbonyl (C=O) groups is 6. The normalized spacial score (nSPS) is 31.2. The number of esters is 4. The molecule has 0 heterocycles. The van der Waals surface area contributed by atoms with Crippen LogP contribution < -0.4 is 39.8 Å². The van der Waals surface area contributed by atoms with Crippen molar-refractivity contribution < 1.29 is 114 Å². The number of aliphatic carboxylic acids is 2. The number of ether oxygens (including phenoxy) is 4.